The molecule has 0 aliphatic carbocycles. The van der Waals surface area contributed by atoms with Gasteiger partial charge in [0, 0.05) is 43.9 Å². The van der Waals surface area contributed by atoms with Crippen LogP contribution >= 0.6 is 0 Å². The topological polar surface area (TPSA) is 56.7 Å². The van der Waals surface area contributed by atoms with Crippen LogP contribution in [-0.2, 0) is 0 Å². The Morgan fingerprint density at radius 1 is 0.306 bits per heavy atom. The van der Waals surface area contributed by atoms with Gasteiger partial charge >= 0.3 is 0 Å². The number of benzene rings is 10. The van der Waals surface area contributed by atoms with Crippen LogP contribution < -0.4 is 0 Å². The average Bonchev–Trinajstić information content (AvgIpc) is 3.89. The molecule has 0 saturated carbocycles. The highest BCUT2D eigenvalue weighted by atomic mass is 16.3. The van der Waals surface area contributed by atoms with Crippen LogP contribution in [0, 0.1) is 0 Å². The third kappa shape index (κ3) is 5.32. The molecule has 0 bridgehead atoms. The van der Waals surface area contributed by atoms with E-state index in [0.717, 1.165) is 71.9 Å². The maximum atomic E-state index is 6.57. The van der Waals surface area contributed by atoms with Crippen molar-refractivity contribution >= 4 is 76.1 Å². The van der Waals surface area contributed by atoms with Crippen molar-refractivity contribution < 1.29 is 4.42 Å². The minimum absolute atomic E-state index is 0.586. The first-order chi connectivity index (χ1) is 30.7. The van der Waals surface area contributed by atoms with Gasteiger partial charge in [0.1, 0.15) is 11.2 Å². The van der Waals surface area contributed by atoms with Crippen LogP contribution in [0.4, 0.5) is 0 Å². The number of nitrogens with zero attached hydrogens (tertiary/aromatic N) is 4. The average molecular weight is 791 g/mol. The molecule has 10 aromatic carbocycles. The van der Waals surface area contributed by atoms with Crippen molar-refractivity contribution in [1.29, 1.82) is 0 Å². The van der Waals surface area contributed by atoms with E-state index < -0.39 is 0 Å². The zero-order chi connectivity index (χ0) is 40.7. The van der Waals surface area contributed by atoms with Gasteiger partial charge in [-0.15, -0.1) is 0 Å². The van der Waals surface area contributed by atoms with Gasteiger partial charge in [0.2, 0.25) is 0 Å². The highest BCUT2D eigenvalue weighted by Crippen LogP contribution is 2.41. The van der Waals surface area contributed by atoms with E-state index in [1.165, 1.54) is 37.7 Å². The Hall–Kier alpha value is -8.41. The summed E-state index contributed by atoms with van der Waals surface area (Å²) in [4.78, 5) is 15.6. The lowest BCUT2D eigenvalue weighted by Crippen LogP contribution is -2.00. The van der Waals surface area contributed by atoms with Crippen LogP contribution in [-0.4, -0.2) is 19.5 Å². The molecule has 5 heteroatoms. The molecule has 3 heterocycles. The molecule has 0 N–H and O–H groups in total. The summed E-state index contributed by atoms with van der Waals surface area (Å²) in [5.41, 5.74) is 9.95. The molecule has 0 amide bonds. The van der Waals surface area contributed by atoms with Crippen LogP contribution in [0.1, 0.15) is 0 Å². The van der Waals surface area contributed by atoms with Gasteiger partial charge in [-0.1, -0.05) is 146 Å². The second-order valence-corrected chi connectivity index (χ2v) is 15.9. The first-order valence-electron chi connectivity index (χ1n) is 20.9. The fraction of sp³-hybridized carbons (Fsp3) is 0. The molecule has 5 nitrogen and oxygen atoms in total. The summed E-state index contributed by atoms with van der Waals surface area (Å²) in [6.07, 6.45) is 0. The van der Waals surface area contributed by atoms with E-state index in [2.05, 4.69) is 180 Å². The summed E-state index contributed by atoms with van der Waals surface area (Å²) in [7, 11) is 0. The Kier molecular flexibility index (Phi) is 7.54. The molecular weight excluding hydrogens is 757 g/mol. The molecule has 3 aromatic heterocycles. The normalized spacial score (nSPS) is 11.9. The largest absolute Gasteiger partial charge is 0.456 e. The highest BCUT2D eigenvalue weighted by molar-refractivity contribution is 6.26. The third-order valence-electron chi connectivity index (χ3n) is 12.4. The minimum atomic E-state index is 0.586. The maximum Gasteiger partial charge on any atom is 0.164 e. The molecular formula is C57H34N4O. The molecule has 13 aromatic rings. The smallest absolute Gasteiger partial charge is 0.164 e. The molecule has 13 rings (SSSR count). The zero-order valence-electron chi connectivity index (χ0n) is 33.3. The first-order valence-corrected chi connectivity index (χ1v) is 20.9. The first kappa shape index (κ1) is 34.5. The van der Waals surface area contributed by atoms with Gasteiger partial charge in [-0.2, -0.15) is 0 Å². The van der Waals surface area contributed by atoms with Crippen molar-refractivity contribution in [3.63, 3.8) is 0 Å². The second-order valence-electron chi connectivity index (χ2n) is 15.9. The van der Waals surface area contributed by atoms with E-state index in [1.807, 2.05) is 30.3 Å². The summed E-state index contributed by atoms with van der Waals surface area (Å²) >= 11 is 0. The number of aromatic nitrogens is 4. The van der Waals surface area contributed by atoms with Crippen molar-refractivity contribution in [3.8, 4) is 51.0 Å². The van der Waals surface area contributed by atoms with Gasteiger partial charge < -0.3 is 8.98 Å². The maximum absolute atomic E-state index is 6.57. The summed E-state index contributed by atoms with van der Waals surface area (Å²) in [6, 6.07) is 72.7. The molecule has 0 atom stereocenters. The number of hydrogen-bond acceptors (Lipinski definition) is 4. The van der Waals surface area contributed by atoms with Crippen LogP contribution in [0.25, 0.3) is 127 Å². The van der Waals surface area contributed by atoms with Gasteiger partial charge in [-0.05, 0) is 104 Å². The highest BCUT2D eigenvalue weighted by Gasteiger charge is 2.20. The van der Waals surface area contributed by atoms with Crippen molar-refractivity contribution in [3.05, 3.63) is 206 Å². The second kappa shape index (κ2) is 13.6. The van der Waals surface area contributed by atoms with E-state index in [-0.39, 0.29) is 0 Å². The predicted octanol–water partition coefficient (Wildman–Crippen LogP) is 15.0. The van der Waals surface area contributed by atoms with Crippen LogP contribution in [0.15, 0.2) is 211 Å². The summed E-state index contributed by atoms with van der Waals surface area (Å²) in [5, 5.41) is 11.8. The Labute approximate surface area is 355 Å². The van der Waals surface area contributed by atoms with Gasteiger partial charge in [0.05, 0.1) is 11.0 Å². The van der Waals surface area contributed by atoms with Crippen LogP contribution in [0.3, 0.4) is 0 Å². The van der Waals surface area contributed by atoms with Crippen molar-refractivity contribution in [1.82, 2.24) is 19.5 Å². The van der Waals surface area contributed by atoms with E-state index in [4.69, 9.17) is 19.4 Å². The van der Waals surface area contributed by atoms with E-state index in [1.54, 1.807) is 0 Å². The van der Waals surface area contributed by atoms with E-state index in [0.29, 0.717) is 17.5 Å². The fourth-order valence-electron chi connectivity index (χ4n) is 9.59. The van der Waals surface area contributed by atoms with Gasteiger partial charge in [0.25, 0.3) is 0 Å². The van der Waals surface area contributed by atoms with Crippen molar-refractivity contribution in [2.45, 2.75) is 0 Å². The molecule has 62 heavy (non-hydrogen) atoms. The van der Waals surface area contributed by atoms with Gasteiger partial charge in [-0.3, -0.25) is 0 Å². The third-order valence-corrected chi connectivity index (χ3v) is 12.4. The predicted molar refractivity (Wildman–Crippen MR) is 256 cm³/mol. The van der Waals surface area contributed by atoms with Crippen molar-refractivity contribution in [2.24, 2.45) is 0 Å². The number of para-hydroxylation sites is 2. The molecule has 288 valence electrons. The Balaban J connectivity index is 0.999. The Morgan fingerprint density at radius 2 is 0.839 bits per heavy atom. The van der Waals surface area contributed by atoms with Crippen molar-refractivity contribution in [2.75, 3.05) is 0 Å². The lowest BCUT2D eigenvalue weighted by Gasteiger charge is -2.12. The number of fused-ring (bicyclic) bond motifs is 12. The molecule has 0 aliphatic heterocycles. The van der Waals surface area contributed by atoms with Crippen LogP contribution in [0.5, 0.6) is 0 Å². The van der Waals surface area contributed by atoms with E-state index >= 15 is 0 Å². The summed E-state index contributed by atoms with van der Waals surface area (Å²) in [5.74, 6) is 1.80. The molecule has 0 aliphatic rings. The molecule has 0 radical (unpaired) electrons. The molecule has 0 unspecified atom stereocenters. The van der Waals surface area contributed by atoms with Gasteiger partial charge in [-0.25, -0.2) is 15.0 Å². The Morgan fingerprint density at radius 3 is 1.58 bits per heavy atom. The van der Waals surface area contributed by atoms with E-state index in [9.17, 15) is 0 Å². The lowest BCUT2D eigenvalue weighted by atomic mass is 9.92. The van der Waals surface area contributed by atoms with Crippen LogP contribution in [0.2, 0.25) is 0 Å². The molecule has 0 saturated heterocycles. The summed E-state index contributed by atoms with van der Waals surface area (Å²) < 4.78 is 8.89. The molecule has 0 spiro atoms. The SMILES string of the molecule is c1ccc(-c2nc(-c3ccc4c(c3)c3ccccc3n4-c3ccccc3)nc(-c3cccc4oc5ccc(-c6ccc7c8ccccc8c8ccccc8c7c6)cc5c34)n2)cc1. The van der Waals surface area contributed by atoms with Gasteiger partial charge in [0.15, 0.2) is 17.5 Å². The number of furan rings is 1. The molecule has 0 fully saturated rings. The quantitative estimate of drug-likeness (QED) is 0.163. The number of rotatable bonds is 5. The lowest BCUT2D eigenvalue weighted by molar-refractivity contribution is 0.669. The zero-order valence-corrected chi connectivity index (χ0v) is 33.3. The Bertz CT molecular complexity index is 3890. The number of hydrogen-bond donors (Lipinski definition) is 0. The monoisotopic (exact) mass is 790 g/mol. The minimum Gasteiger partial charge on any atom is -0.456 e. The standard InChI is InChI=1S/C57H34N4O/c1-3-14-35(15-4-1)55-58-56(38-27-30-51-48(34-38)45-22-11-12-24-50(45)61(51)39-16-5-2-6-17-39)60-57(59-55)46-23-13-25-53-54(46)49-33-37(28-31-52(49)62-53)36-26-29-44-42-20-8-7-18-40(42)41-19-9-10-21-43(41)47(44)32-36/h1-34H. The fourth-order valence-corrected chi connectivity index (χ4v) is 9.59. The summed E-state index contributed by atoms with van der Waals surface area (Å²) in [6.45, 7) is 0.